The fourth-order valence-corrected chi connectivity index (χ4v) is 2.97. The third kappa shape index (κ3) is 3.30. The number of aromatic nitrogens is 5. The van der Waals surface area contributed by atoms with Gasteiger partial charge in [0.05, 0.1) is 24.9 Å². The van der Waals surface area contributed by atoms with Crippen LogP contribution in [0.3, 0.4) is 0 Å². The number of fused-ring (bicyclic) bond motifs is 1. The third-order valence-corrected chi connectivity index (χ3v) is 4.15. The molecular weight excluding hydrogens is 320 g/mol. The van der Waals surface area contributed by atoms with Crippen LogP contribution in [-0.4, -0.2) is 37.6 Å². The van der Waals surface area contributed by atoms with E-state index in [1.807, 2.05) is 25.2 Å². The van der Waals surface area contributed by atoms with Crippen LogP contribution in [0.4, 0.5) is 0 Å². The Bertz CT molecular complexity index is 921. The molecule has 0 spiro atoms. The SMILES string of the molecule is COc1c(CNCCn2nc3ccccn3c2=O)c(C(C)C)nn1C. The molecule has 8 nitrogen and oxygen atoms in total. The first-order valence-corrected chi connectivity index (χ1v) is 8.37. The van der Waals surface area contributed by atoms with Crippen molar-refractivity contribution in [1.29, 1.82) is 0 Å². The molecule has 0 aliphatic heterocycles. The predicted octanol–water partition coefficient (Wildman–Crippen LogP) is 1.15. The van der Waals surface area contributed by atoms with Crippen molar-refractivity contribution in [1.82, 2.24) is 29.3 Å². The Kier molecular flexibility index (Phi) is 4.89. The summed E-state index contributed by atoms with van der Waals surface area (Å²) in [7, 11) is 3.53. The van der Waals surface area contributed by atoms with Crippen LogP contribution in [0.5, 0.6) is 5.88 Å². The number of pyridine rings is 1. The topological polar surface area (TPSA) is 78.4 Å². The van der Waals surface area contributed by atoms with E-state index in [0.29, 0.717) is 31.2 Å². The van der Waals surface area contributed by atoms with Crippen LogP contribution in [0.25, 0.3) is 5.65 Å². The van der Waals surface area contributed by atoms with Gasteiger partial charge in [0.1, 0.15) is 0 Å². The van der Waals surface area contributed by atoms with E-state index in [1.165, 1.54) is 4.68 Å². The molecule has 0 aromatic carbocycles. The molecule has 8 heteroatoms. The van der Waals surface area contributed by atoms with Crippen LogP contribution in [0, 0.1) is 0 Å². The van der Waals surface area contributed by atoms with Gasteiger partial charge in [-0.15, -0.1) is 5.10 Å². The average molecular weight is 344 g/mol. The largest absolute Gasteiger partial charge is 0.481 e. The standard InChI is InChI=1S/C17H24N6O2/c1-12(2)15-13(16(25-4)21(3)20-15)11-18-8-10-23-17(24)22-9-6-5-7-14(22)19-23/h5-7,9,12,18H,8,10-11H2,1-4H3. The molecular formula is C17H24N6O2. The Morgan fingerprint density at radius 2 is 2.08 bits per heavy atom. The van der Waals surface area contributed by atoms with E-state index >= 15 is 0 Å². The minimum absolute atomic E-state index is 0.126. The number of rotatable bonds is 7. The summed E-state index contributed by atoms with van der Waals surface area (Å²) in [4.78, 5) is 12.2. The molecule has 3 aromatic rings. The number of methoxy groups -OCH3 is 1. The van der Waals surface area contributed by atoms with Crippen molar-refractivity contribution < 1.29 is 4.74 Å². The molecule has 0 saturated carbocycles. The van der Waals surface area contributed by atoms with Crippen LogP contribution in [0.2, 0.25) is 0 Å². The molecule has 0 fully saturated rings. The highest BCUT2D eigenvalue weighted by molar-refractivity contribution is 5.35. The Morgan fingerprint density at radius 1 is 1.28 bits per heavy atom. The van der Waals surface area contributed by atoms with Gasteiger partial charge in [-0.3, -0.25) is 4.40 Å². The summed E-state index contributed by atoms with van der Waals surface area (Å²) >= 11 is 0. The first-order chi connectivity index (χ1) is 12.0. The summed E-state index contributed by atoms with van der Waals surface area (Å²) in [6.07, 6.45) is 1.73. The number of ether oxygens (including phenoxy) is 1. The fourth-order valence-electron chi connectivity index (χ4n) is 2.97. The van der Waals surface area contributed by atoms with Gasteiger partial charge >= 0.3 is 5.69 Å². The number of nitrogens with zero attached hydrogens (tertiary/aromatic N) is 5. The van der Waals surface area contributed by atoms with Crippen LogP contribution in [0.15, 0.2) is 29.2 Å². The highest BCUT2D eigenvalue weighted by atomic mass is 16.5. The lowest BCUT2D eigenvalue weighted by Gasteiger charge is -2.09. The van der Waals surface area contributed by atoms with Gasteiger partial charge < -0.3 is 10.1 Å². The minimum atomic E-state index is -0.126. The fraction of sp³-hybridized carbons (Fsp3) is 0.471. The molecule has 0 radical (unpaired) electrons. The molecule has 0 aliphatic rings. The molecule has 3 rings (SSSR count). The molecule has 3 aromatic heterocycles. The molecule has 0 bridgehead atoms. The van der Waals surface area contributed by atoms with Crippen molar-refractivity contribution in [3.8, 4) is 5.88 Å². The lowest BCUT2D eigenvalue weighted by atomic mass is 10.1. The zero-order chi connectivity index (χ0) is 18.0. The van der Waals surface area contributed by atoms with E-state index in [4.69, 9.17) is 4.74 Å². The predicted molar refractivity (Wildman–Crippen MR) is 95.0 cm³/mol. The first kappa shape index (κ1) is 17.2. The van der Waals surface area contributed by atoms with E-state index in [-0.39, 0.29) is 5.69 Å². The number of hydrogen-bond donors (Lipinski definition) is 1. The zero-order valence-corrected chi connectivity index (χ0v) is 15.1. The van der Waals surface area contributed by atoms with Crippen molar-refractivity contribution in [2.24, 2.45) is 7.05 Å². The molecule has 25 heavy (non-hydrogen) atoms. The van der Waals surface area contributed by atoms with Crippen LogP contribution >= 0.6 is 0 Å². The second kappa shape index (κ2) is 7.10. The van der Waals surface area contributed by atoms with E-state index in [1.54, 1.807) is 22.4 Å². The van der Waals surface area contributed by atoms with Crippen molar-refractivity contribution in [2.45, 2.75) is 32.9 Å². The normalized spacial score (nSPS) is 11.6. The maximum Gasteiger partial charge on any atom is 0.350 e. The monoisotopic (exact) mass is 344 g/mol. The zero-order valence-electron chi connectivity index (χ0n) is 15.1. The molecule has 1 N–H and O–H groups in total. The maximum absolute atomic E-state index is 12.2. The van der Waals surface area contributed by atoms with Gasteiger partial charge in [-0.2, -0.15) is 5.10 Å². The third-order valence-electron chi connectivity index (χ3n) is 4.15. The average Bonchev–Trinajstić information content (AvgIpc) is 3.09. The Hall–Kier alpha value is -2.61. The summed E-state index contributed by atoms with van der Waals surface area (Å²) in [5.41, 5.74) is 2.61. The molecule has 134 valence electrons. The summed E-state index contributed by atoms with van der Waals surface area (Å²) in [6.45, 7) is 5.98. The maximum atomic E-state index is 12.2. The summed E-state index contributed by atoms with van der Waals surface area (Å²) < 4.78 is 10.3. The van der Waals surface area contributed by atoms with Crippen molar-refractivity contribution >= 4 is 5.65 Å². The van der Waals surface area contributed by atoms with Gasteiger partial charge in [0.2, 0.25) is 5.88 Å². The molecule has 3 heterocycles. The van der Waals surface area contributed by atoms with Crippen LogP contribution in [-0.2, 0) is 20.1 Å². The first-order valence-electron chi connectivity index (χ1n) is 8.37. The van der Waals surface area contributed by atoms with Gasteiger partial charge in [0, 0.05) is 26.3 Å². The van der Waals surface area contributed by atoms with Gasteiger partial charge in [-0.1, -0.05) is 19.9 Å². The minimum Gasteiger partial charge on any atom is -0.481 e. The summed E-state index contributed by atoms with van der Waals surface area (Å²) in [6, 6.07) is 5.51. The molecule has 0 saturated heterocycles. The highest BCUT2D eigenvalue weighted by Gasteiger charge is 2.18. The summed E-state index contributed by atoms with van der Waals surface area (Å²) in [5.74, 6) is 1.08. The molecule has 0 unspecified atom stereocenters. The number of hydrogen-bond acceptors (Lipinski definition) is 5. The van der Waals surface area contributed by atoms with Crippen molar-refractivity contribution in [3.05, 3.63) is 46.1 Å². The molecule has 0 atom stereocenters. The van der Waals surface area contributed by atoms with E-state index in [0.717, 1.165) is 17.1 Å². The number of aryl methyl sites for hydroxylation is 1. The van der Waals surface area contributed by atoms with Crippen molar-refractivity contribution in [3.63, 3.8) is 0 Å². The number of nitrogens with one attached hydrogen (secondary N) is 1. The van der Waals surface area contributed by atoms with E-state index in [2.05, 4.69) is 29.4 Å². The Morgan fingerprint density at radius 3 is 2.76 bits per heavy atom. The second-order valence-corrected chi connectivity index (χ2v) is 6.26. The van der Waals surface area contributed by atoms with Gasteiger partial charge in [0.15, 0.2) is 5.65 Å². The lowest BCUT2D eigenvalue weighted by Crippen LogP contribution is -2.27. The highest BCUT2D eigenvalue weighted by Crippen LogP contribution is 2.26. The second-order valence-electron chi connectivity index (χ2n) is 6.26. The van der Waals surface area contributed by atoms with Crippen LogP contribution in [0.1, 0.15) is 31.0 Å². The van der Waals surface area contributed by atoms with E-state index < -0.39 is 0 Å². The Labute approximate surface area is 146 Å². The smallest absolute Gasteiger partial charge is 0.350 e. The Balaban J connectivity index is 1.67. The van der Waals surface area contributed by atoms with E-state index in [9.17, 15) is 4.79 Å². The van der Waals surface area contributed by atoms with Gasteiger partial charge in [0.25, 0.3) is 0 Å². The van der Waals surface area contributed by atoms with Gasteiger partial charge in [-0.05, 0) is 18.1 Å². The van der Waals surface area contributed by atoms with Crippen LogP contribution < -0.4 is 15.7 Å². The molecule has 0 aliphatic carbocycles. The lowest BCUT2D eigenvalue weighted by molar-refractivity contribution is 0.367. The molecule has 0 amide bonds. The quantitative estimate of drug-likeness (QED) is 0.651. The van der Waals surface area contributed by atoms with Crippen molar-refractivity contribution in [2.75, 3.05) is 13.7 Å². The van der Waals surface area contributed by atoms with Gasteiger partial charge in [-0.25, -0.2) is 14.2 Å². The summed E-state index contributed by atoms with van der Waals surface area (Å²) in [5, 5.41) is 12.2.